The van der Waals surface area contributed by atoms with Gasteiger partial charge in [-0.25, -0.2) is 0 Å². The van der Waals surface area contributed by atoms with Crippen LogP contribution in [0.15, 0.2) is 109 Å². The van der Waals surface area contributed by atoms with E-state index >= 15 is 0 Å². The average molecular weight is 535 g/mol. The molecule has 34 heavy (non-hydrogen) atoms. The molecule has 0 saturated carbocycles. The molecule has 0 saturated heterocycles. The van der Waals surface area contributed by atoms with E-state index in [1.807, 2.05) is 6.07 Å². The van der Waals surface area contributed by atoms with Gasteiger partial charge >= 0.3 is 212 Å². The standard InChI is InChI=1S/C30H32BrO2P/c1-24(25-21-26(32-2)23-27(22-25)33-3)19-20-34(31,28-13-7-4-8-14-28,29-15-9-5-10-16-29)30-17-11-6-12-18-30/h4-18,21-24H,19-20H2,1-3H3. The van der Waals surface area contributed by atoms with Crippen molar-refractivity contribution in [1.82, 2.24) is 0 Å². The van der Waals surface area contributed by atoms with Gasteiger partial charge in [0.2, 0.25) is 0 Å². The van der Waals surface area contributed by atoms with Crippen LogP contribution in [-0.2, 0) is 0 Å². The van der Waals surface area contributed by atoms with Crippen LogP contribution < -0.4 is 25.4 Å². The van der Waals surface area contributed by atoms with E-state index in [1.54, 1.807) is 14.2 Å². The summed E-state index contributed by atoms with van der Waals surface area (Å²) in [5.41, 5.74) is 1.22. The molecule has 0 spiro atoms. The Morgan fingerprint density at radius 3 is 1.38 bits per heavy atom. The molecule has 0 aliphatic heterocycles. The number of benzene rings is 4. The molecule has 0 aliphatic rings. The third-order valence-electron chi connectivity index (χ3n) is 6.81. The third-order valence-corrected chi connectivity index (χ3v) is 16.8. The normalized spacial score (nSPS) is 13.5. The van der Waals surface area contributed by atoms with Crippen molar-refractivity contribution in [2.24, 2.45) is 0 Å². The fraction of sp³-hybridized carbons (Fsp3) is 0.200. The van der Waals surface area contributed by atoms with E-state index in [0.717, 1.165) is 24.1 Å². The van der Waals surface area contributed by atoms with Crippen LogP contribution in [0.1, 0.15) is 24.8 Å². The van der Waals surface area contributed by atoms with Gasteiger partial charge in [0.25, 0.3) is 0 Å². The van der Waals surface area contributed by atoms with Crippen LogP contribution >= 0.6 is 20.8 Å². The second-order valence-corrected chi connectivity index (χ2v) is 17.8. The van der Waals surface area contributed by atoms with Gasteiger partial charge in [0.1, 0.15) is 0 Å². The predicted octanol–water partition coefficient (Wildman–Crippen LogP) is 7.04. The van der Waals surface area contributed by atoms with Gasteiger partial charge in [0.15, 0.2) is 0 Å². The topological polar surface area (TPSA) is 18.5 Å². The Labute approximate surface area is 211 Å². The summed E-state index contributed by atoms with van der Waals surface area (Å²) in [6.07, 6.45) is 1.99. The van der Waals surface area contributed by atoms with E-state index in [0.29, 0.717) is 5.92 Å². The Morgan fingerprint density at radius 1 is 0.647 bits per heavy atom. The summed E-state index contributed by atoms with van der Waals surface area (Å²) in [4.78, 5) is 0. The number of hydrogen-bond donors (Lipinski definition) is 0. The van der Waals surface area contributed by atoms with Gasteiger partial charge in [-0.15, -0.1) is 0 Å². The molecule has 0 bridgehead atoms. The fourth-order valence-corrected chi connectivity index (χ4v) is 12.4. The Hall–Kier alpha value is -2.61. The van der Waals surface area contributed by atoms with E-state index in [2.05, 4.69) is 126 Å². The van der Waals surface area contributed by atoms with Crippen molar-refractivity contribution in [1.29, 1.82) is 0 Å². The van der Waals surface area contributed by atoms with Crippen LogP contribution in [0.4, 0.5) is 0 Å². The monoisotopic (exact) mass is 534 g/mol. The first-order chi connectivity index (χ1) is 16.5. The van der Waals surface area contributed by atoms with Crippen molar-refractivity contribution >= 4 is 36.7 Å². The molecule has 4 heteroatoms. The van der Waals surface area contributed by atoms with Crippen molar-refractivity contribution < 1.29 is 9.47 Å². The molecule has 2 nitrogen and oxygen atoms in total. The molecule has 0 aliphatic carbocycles. The number of ether oxygens (including phenoxy) is 2. The first kappa shape index (κ1) is 24.5. The Kier molecular flexibility index (Phi) is 7.45. The first-order valence-corrected chi connectivity index (χ1v) is 16.1. The van der Waals surface area contributed by atoms with E-state index < -0.39 is 5.31 Å². The Morgan fingerprint density at radius 2 is 1.03 bits per heavy atom. The van der Waals surface area contributed by atoms with Gasteiger partial charge in [-0.05, 0) is 0 Å². The maximum atomic E-state index is 5.54. The molecule has 4 aromatic rings. The molecule has 0 aromatic heterocycles. The zero-order valence-corrected chi connectivity index (χ0v) is 22.5. The van der Waals surface area contributed by atoms with Crippen molar-refractivity contribution in [3.8, 4) is 11.5 Å². The number of methoxy groups -OCH3 is 2. The molecule has 1 unspecified atom stereocenters. The quantitative estimate of drug-likeness (QED) is 0.214. The molecule has 4 aromatic carbocycles. The second-order valence-electron chi connectivity index (χ2n) is 8.75. The summed E-state index contributed by atoms with van der Waals surface area (Å²) >= 11 is 4.56. The SMILES string of the molecule is COc1cc(OC)cc(C(C)CCP(Br)(c2ccccc2)(c2ccccc2)c2ccccc2)c1. The molecular weight excluding hydrogens is 503 g/mol. The Bertz CT molecular complexity index is 1090. The molecule has 0 radical (unpaired) electrons. The predicted molar refractivity (Wildman–Crippen MR) is 152 cm³/mol. The van der Waals surface area contributed by atoms with Gasteiger partial charge in [-0.1, -0.05) is 0 Å². The minimum atomic E-state index is -2.93. The maximum absolute atomic E-state index is 5.54. The summed E-state index contributed by atoms with van der Waals surface area (Å²) in [5.74, 6) is 1.97. The van der Waals surface area contributed by atoms with Crippen LogP contribution in [0.5, 0.6) is 11.5 Å². The van der Waals surface area contributed by atoms with E-state index in [9.17, 15) is 0 Å². The summed E-state index contributed by atoms with van der Waals surface area (Å²) in [6.45, 7) is 2.30. The van der Waals surface area contributed by atoms with Gasteiger partial charge < -0.3 is 0 Å². The Balaban J connectivity index is 1.85. The second kappa shape index (κ2) is 10.3. The molecule has 0 N–H and O–H groups in total. The zero-order valence-electron chi connectivity index (χ0n) is 20.0. The average Bonchev–Trinajstić information content (AvgIpc) is 2.92. The van der Waals surface area contributed by atoms with Crippen LogP contribution in [0.3, 0.4) is 0 Å². The molecule has 0 fully saturated rings. The van der Waals surface area contributed by atoms with Crippen molar-refractivity contribution in [3.05, 3.63) is 115 Å². The summed E-state index contributed by atoms with van der Waals surface area (Å²) in [6, 6.07) is 39.1. The molecular formula is C30H32BrO2P. The van der Waals surface area contributed by atoms with Crippen molar-refractivity contribution in [2.45, 2.75) is 19.3 Å². The van der Waals surface area contributed by atoms with Gasteiger partial charge in [-0.2, -0.15) is 0 Å². The zero-order chi connectivity index (χ0) is 24.0. The molecule has 4 rings (SSSR count). The number of hydrogen-bond acceptors (Lipinski definition) is 2. The van der Waals surface area contributed by atoms with Gasteiger partial charge in [0.05, 0.1) is 0 Å². The van der Waals surface area contributed by atoms with Crippen LogP contribution in [0, 0.1) is 0 Å². The van der Waals surface area contributed by atoms with Crippen molar-refractivity contribution in [2.75, 3.05) is 20.4 Å². The summed E-state index contributed by atoms with van der Waals surface area (Å²) in [7, 11) is 3.41. The van der Waals surface area contributed by atoms with Crippen LogP contribution in [-0.4, -0.2) is 20.4 Å². The van der Waals surface area contributed by atoms with Gasteiger partial charge in [0, 0.05) is 0 Å². The molecule has 1 atom stereocenters. The third kappa shape index (κ3) is 4.52. The first-order valence-electron chi connectivity index (χ1n) is 11.6. The van der Waals surface area contributed by atoms with E-state index in [-0.39, 0.29) is 0 Å². The van der Waals surface area contributed by atoms with E-state index in [1.165, 1.54) is 21.5 Å². The van der Waals surface area contributed by atoms with Crippen LogP contribution in [0.2, 0.25) is 0 Å². The number of rotatable bonds is 9. The van der Waals surface area contributed by atoms with Crippen molar-refractivity contribution in [3.63, 3.8) is 0 Å². The van der Waals surface area contributed by atoms with Crippen LogP contribution in [0.25, 0.3) is 0 Å². The minimum absolute atomic E-state index is 0.319. The molecule has 0 heterocycles. The molecule has 176 valence electrons. The van der Waals surface area contributed by atoms with E-state index in [4.69, 9.17) is 9.47 Å². The summed E-state index contributed by atoms with van der Waals surface area (Å²) in [5, 5.41) is 1.11. The molecule has 0 amide bonds. The van der Waals surface area contributed by atoms with Gasteiger partial charge in [-0.3, -0.25) is 0 Å². The summed E-state index contributed by atoms with van der Waals surface area (Å²) < 4.78 is 11.1. The fourth-order valence-electron chi connectivity index (χ4n) is 4.77. The number of halogens is 1.